The van der Waals surface area contributed by atoms with Gasteiger partial charge in [0.05, 0.1) is 0 Å². The van der Waals surface area contributed by atoms with Gasteiger partial charge in [-0.25, -0.2) is 0 Å². The molecule has 0 aromatic heterocycles. The van der Waals surface area contributed by atoms with Crippen molar-refractivity contribution in [2.24, 2.45) is 0 Å². The second-order valence-electron chi connectivity index (χ2n) is 5.48. The van der Waals surface area contributed by atoms with Gasteiger partial charge in [0.15, 0.2) is 0 Å². The van der Waals surface area contributed by atoms with E-state index in [1.165, 1.54) is 23.6 Å². The van der Waals surface area contributed by atoms with Gasteiger partial charge >= 0.3 is 0 Å². The quantitative estimate of drug-likeness (QED) is 0.870. The van der Waals surface area contributed by atoms with Crippen molar-refractivity contribution in [1.29, 1.82) is 0 Å². The van der Waals surface area contributed by atoms with Crippen molar-refractivity contribution in [1.82, 2.24) is 0 Å². The summed E-state index contributed by atoms with van der Waals surface area (Å²) in [5.74, 6) is -0.0561. The predicted octanol–water partition coefficient (Wildman–Crippen LogP) is 4.43. The lowest BCUT2D eigenvalue weighted by Gasteiger charge is -2.19. The molecule has 0 aliphatic rings. The first-order valence-corrected chi connectivity index (χ1v) is 7.17. The molecule has 3 heteroatoms. The van der Waals surface area contributed by atoms with Crippen molar-refractivity contribution in [3.63, 3.8) is 0 Å². The van der Waals surface area contributed by atoms with Crippen molar-refractivity contribution in [2.45, 2.75) is 33.7 Å². The van der Waals surface area contributed by atoms with Crippen LogP contribution in [0.25, 0.3) is 0 Å². The molecule has 0 heterocycles. The van der Waals surface area contributed by atoms with Crippen LogP contribution in [0.5, 0.6) is 0 Å². The molecule has 3 nitrogen and oxygen atoms in total. The Balaban J connectivity index is 2.10. The Bertz CT molecular complexity index is 632. The minimum atomic E-state index is -0.0561. The Kier molecular flexibility index (Phi) is 4.63. The van der Waals surface area contributed by atoms with Gasteiger partial charge in [-0.3, -0.25) is 4.79 Å². The van der Waals surface area contributed by atoms with Crippen molar-refractivity contribution in [3.8, 4) is 0 Å². The lowest BCUT2D eigenvalue weighted by Crippen LogP contribution is -2.09. The van der Waals surface area contributed by atoms with Gasteiger partial charge in [0.1, 0.15) is 0 Å². The molecule has 0 saturated heterocycles. The van der Waals surface area contributed by atoms with Crippen LogP contribution >= 0.6 is 0 Å². The van der Waals surface area contributed by atoms with Gasteiger partial charge in [-0.05, 0) is 56.2 Å². The smallest absolute Gasteiger partial charge is 0.221 e. The van der Waals surface area contributed by atoms with Crippen LogP contribution < -0.4 is 10.6 Å². The van der Waals surface area contributed by atoms with Crippen molar-refractivity contribution in [3.05, 3.63) is 59.2 Å². The monoisotopic (exact) mass is 282 g/mol. The van der Waals surface area contributed by atoms with Crippen molar-refractivity contribution in [2.75, 3.05) is 10.6 Å². The molecule has 0 spiro atoms. The molecule has 2 N–H and O–H groups in total. The van der Waals surface area contributed by atoms with Crippen molar-refractivity contribution < 1.29 is 4.79 Å². The first-order chi connectivity index (χ1) is 9.95. The number of anilines is 2. The highest BCUT2D eigenvalue weighted by Crippen LogP contribution is 2.24. The maximum Gasteiger partial charge on any atom is 0.221 e. The Morgan fingerprint density at radius 3 is 2.24 bits per heavy atom. The summed E-state index contributed by atoms with van der Waals surface area (Å²) in [4.78, 5) is 11.0. The number of hydrogen-bond donors (Lipinski definition) is 2. The molecule has 21 heavy (non-hydrogen) atoms. The van der Waals surface area contributed by atoms with Gasteiger partial charge < -0.3 is 10.6 Å². The molecule has 0 saturated carbocycles. The number of hydrogen-bond acceptors (Lipinski definition) is 2. The molecule has 110 valence electrons. The van der Waals surface area contributed by atoms with E-state index in [-0.39, 0.29) is 11.9 Å². The van der Waals surface area contributed by atoms with Crippen LogP contribution in [0.2, 0.25) is 0 Å². The molecule has 2 rings (SSSR count). The third-order valence-electron chi connectivity index (χ3n) is 3.49. The normalized spacial score (nSPS) is 11.8. The molecule has 0 aliphatic heterocycles. The molecule has 0 aliphatic carbocycles. The molecule has 0 radical (unpaired) electrons. The van der Waals surface area contributed by atoms with E-state index in [2.05, 4.69) is 49.6 Å². The molecule has 1 amide bonds. The van der Waals surface area contributed by atoms with E-state index in [0.29, 0.717) is 0 Å². The molecule has 1 unspecified atom stereocenters. The van der Waals surface area contributed by atoms with E-state index < -0.39 is 0 Å². The largest absolute Gasteiger partial charge is 0.379 e. The van der Waals surface area contributed by atoms with Gasteiger partial charge in [0.2, 0.25) is 5.91 Å². The van der Waals surface area contributed by atoms with Crippen LogP contribution in [0.3, 0.4) is 0 Å². The van der Waals surface area contributed by atoms with E-state index in [1.54, 1.807) is 0 Å². The van der Waals surface area contributed by atoms with Crippen LogP contribution in [0.4, 0.5) is 11.4 Å². The molecule has 2 aromatic rings. The first-order valence-electron chi connectivity index (χ1n) is 7.17. The zero-order chi connectivity index (χ0) is 15.4. The fourth-order valence-corrected chi connectivity index (χ4v) is 2.41. The Hall–Kier alpha value is -2.29. The summed E-state index contributed by atoms with van der Waals surface area (Å²) >= 11 is 0. The summed E-state index contributed by atoms with van der Waals surface area (Å²) in [5.41, 5.74) is 5.71. The minimum absolute atomic E-state index is 0.0561. The van der Waals surface area contributed by atoms with Gasteiger partial charge in [-0.15, -0.1) is 0 Å². The number of benzene rings is 2. The highest BCUT2D eigenvalue weighted by Gasteiger charge is 2.08. The van der Waals surface area contributed by atoms with E-state index in [0.717, 1.165) is 11.4 Å². The van der Waals surface area contributed by atoms with Gasteiger partial charge in [-0.2, -0.15) is 0 Å². The maximum atomic E-state index is 11.0. The van der Waals surface area contributed by atoms with Crippen LogP contribution in [0.15, 0.2) is 42.5 Å². The average molecular weight is 282 g/mol. The predicted molar refractivity (Wildman–Crippen MR) is 88.7 cm³/mol. The topological polar surface area (TPSA) is 41.1 Å². The Morgan fingerprint density at radius 1 is 1.00 bits per heavy atom. The van der Waals surface area contributed by atoms with Crippen LogP contribution in [-0.2, 0) is 4.79 Å². The number of aryl methyl sites for hydroxylation is 2. The molecule has 0 fully saturated rings. The summed E-state index contributed by atoms with van der Waals surface area (Å²) in [6.45, 7) is 7.91. The van der Waals surface area contributed by atoms with Crippen LogP contribution in [0, 0.1) is 13.8 Å². The summed E-state index contributed by atoms with van der Waals surface area (Å²) < 4.78 is 0. The van der Waals surface area contributed by atoms with Crippen molar-refractivity contribution >= 4 is 17.3 Å². The highest BCUT2D eigenvalue weighted by molar-refractivity contribution is 5.88. The number of carbonyl (C=O) groups is 1. The molecular weight excluding hydrogens is 260 g/mol. The number of amides is 1. The minimum Gasteiger partial charge on any atom is -0.379 e. The zero-order valence-electron chi connectivity index (χ0n) is 13.0. The molecule has 1 atom stereocenters. The molecule has 0 bridgehead atoms. The summed E-state index contributed by atoms with van der Waals surface area (Å²) in [6, 6.07) is 14.5. The third-order valence-corrected chi connectivity index (χ3v) is 3.49. The zero-order valence-corrected chi connectivity index (χ0v) is 13.0. The molecular formula is C18H22N2O. The molecule has 2 aromatic carbocycles. The number of nitrogens with one attached hydrogen (secondary N) is 2. The van der Waals surface area contributed by atoms with E-state index in [4.69, 9.17) is 0 Å². The second kappa shape index (κ2) is 6.44. The highest BCUT2D eigenvalue weighted by atomic mass is 16.1. The van der Waals surface area contributed by atoms with E-state index in [9.17, 15) is 4.79 Å². The number of carbonyl (C=O) groups excluding carboxylic acids is 1. The third kappa shape index (κ3) is 4.09. The number of rotatable bonds is 4. The summed E-state index contributed by atoms with van der Waals surface area (Å²) in [7, 11) is 0. The Morgan fingerprint density at radius 2 is 1.62 bits per heavy atom. The fraction of sp³-hybridized carbons (Fsp3) is 0.278. The van der Waals surface area contributed by atoms with Crippen LogP contribution in [-0.4, -0.2) is 5.91 Å². The lowest BCUT2D eigenvalue weighted by atomic mass is 10.00. The SMILES string of the molecule is CC(=O)Nc1ccc(NC(C)c2cc(C)ccc2C)cc1. The van der Waals surface area contributed by atoms with E-state index >= 15 is 0 Å². The van der Waals surface area contributed by atoms with Crippen LogP contribution in [0.1, 0.15) is 36.6 Å². The fourth-order valence-electron chi connectivity index (χ4n) is 2.41. The second-order valence-corrected chi connectivity index (χ2v) is 5.48. The summed E-state index contributed by atoms with van der Waals surface area (Å²) in [5, 5.41) is 6.26. The standard InChI is InChI=1S/C18H22N2O/c1-12-5-6-13(2)18(11-12)14(3)19-16-7-9-17(10-8-16)20-15(4)21/h5-11,14,19H,1-4H3,(H,20,21). The lowest BCUT2D eigenvalue weighted by molar-refractivity contribution is -0.114. The van der Waals surface area contributed by atoms with Gasteiger partial charge in [0, 0.05) is 24.3 Å². The maximum absolute atomic E-state index is 11.0. The summed E-state index contributed by atoms with van der Waals surface area (Å²) in [6.07, 6.45) is 0. The first kappa shape index (κ1) is 15.1. The van der Waals surface area contributed by atoms with E-state index in [1.807, 2.05) is 24.3 Å². The average Bonchev–Trinajstić information content (AvgIpc) is 2.43. The van der Waals surface area contributed by atoms with Gasteiger partial charge in [-0.1, -0.05) is 23.8 Å². The van der Waals surface area contributed by atoms with Gasteiger partial charge in [0.25, 0.3) is 0 Å². The Labute approximate surface area is 126 Å².